The Morgan fingerprint density at radius 2 is 1.26 bits per heavy atom. The smallest absolute Gasteiger partial charge is 0.166 e. The van der Waals surface area contributed by atoms with Crippen molar-refractivity contribution in [3.05, 3.63) is 132 Å². The number of benzene rings is 4. The van der Waals surface area contributed by atoms with Crippen LogP contribution in [-0.2, 0) is 11.1 Å². The van der Waals surface area contributed by atoms with Crippen LogP contribution in [0, 0.1) is 6.92 Å². The predicted octanol–water partition coefficient (Wildman–Crippen LogP) is 5.90. The zero-order chi connectivity index (χ0) is 21.7. The SMILES string of the molecule is Cc1cccc(C(N(O)Cc2ccccc2)P(=O)(c2ccccc2)c2ccccc2)c1. The van der Waals surface area contributed by atoms with Gasteiger partial charge >= 0.3 is 0 Å². The molecule has 0 spiro atoms. The molecule has 0 radical (unpaired) electrons. The molecule has 0 aliphatic carbocycles. The summed E-state index contributed by atoms with van der Waals surface area (Å²) in [6.45, 7) is 2.28. The molecule has 0 aliphatic rings. The first-order valence-electron chi connectivity index (χ1n) is 10.4. The highest BCUT2D eigenvalue weighted by Gasteiger charge is 2.41. The van der Waals surface area contributed by atoms with E-state index in [2.05, 4.69) is 0 Å². The molecule has 0 heterocycles. The molecule has 31 heavy (non-hydrogen) atoms. The van der Waals surface area contributed by atoms with Gasteiger partial charge in [-0.25, -0.2) is 0 Å². The molecule has 1 unspecified atom stereocenters. The second-order valence-corrected chi connectivity index (χ2v) is 10.5. The molecular formula is C27H26NO2P. The Hall–Kier alpha value is -2.97. The normalized spacial score (nSPS) is 12.6. The van der Waals surface area contributed by atoms with Crippen molar-refractivity contribution >= 4 is 17.8 Å². The van der Waals surface area contributed by atoms with Gasteiger partial charge in [0.15, 0.2) is 7.14 Å². The molecule has 0 amide bonds. The van der Waals surface area contributed by atoms with Crippen LogP contribution in [0.15, 0.2) is 115 Å². The Kier molecular flexibility index (Phi) is 6.48. The van der Waals surface area contributed by atoms with Gasteiger partial charge in [0.05, 0.1) is 6.54 Å². The monoisotopic (exact) mass is 427 g/mol. The van der Waals surface area contributed by atoms with Gasteiger partial charge in [-0.3, -0.25) is 0 Å². The highest BCUT2D eigenvalue weighted by atomic mass is 31.2. The van der Waals surface area contributed by atoms with Crippen LogP contribution in [0.5, 0.6) is 0 Å². The molecule has 4 rings (SSSR count). The number of nitrogens with zero attached hydrogens (tertiary/aromatic N) is 1. The van der Waals surface area contributed by atoms with Gasteiger partial charge in [-0.15, -0.1) is 0 Å². The van der Waals surface area contributed by atoms with Gasteiger partial charge in [0.25, 0.3) is 0 Å². The van der Waals surface area contributed by atoms with Crippen molar-refractivity contribution in [2.75, 3.05) is 0 Å². The number of aryl methyl sites for hydroxylation is 1. The second kappa shape index (κ2) is 9.45. The average molecular weight is 427 g/mol. The Bertz CT molecular complexity index is 1120. The van der Waals surface area contributed by atoms with Crippen molar-refractivity contribution in [1.82, 2.24) is 5.06 Å². The summed E-state index contributed by atoms with van der Waals surface area (Å²) in [5.41, 5.74) is 2.84. The van der Waals surface area contributed by atoms with Crippen molar-refractivity contribution in [1.29, 1.82) is 0 Å². The molecule has 3 nitrogen and oxygen atoms in total. The van der Waals surface area contributed by atoms with E-state index < -0.39 is 12.9 Å². The molecule has 1 atom stereocenters. The number of rotatable bonds is 7. The maximum absolute atomic E-state index is 15.1. The lowest BCUT2D eigenvalue weighted by Gasteiger charge is -2.34. The molecular weight excluding hydrogens is 401 g/mol. The summed E-state index contributed by atoms with van der Waals surface area (Å²) in [5.74, 6) is -0.725. The fourth-order valence-electron chi connectivity index (χ4n) is 3.99. The number of hydroxylamine groups is 2. The molecule has 4 aromatic carbocycles. The molecule has 0 aliphatic heterocycles. The Balaban J connectivity index is 1.91. The van der Waals surface area contributed by atoms with Crippen LogP contribution < -0.4 is 10.6 Å². The van der Waals surface area contributed by atoms with E-state index in [-0.39, 0.29) is 6.54 Å². The summed E-state index contributed by atoms with van der Waals surface area (Å²) < 4.78 is 15.1. The molecule has 4 heteroatoms. The van der Waals surface area contributed by atoms with Crippen molar-refractivity contribution in [2.45, 2.75) is 19.3 Å². The third-order valence-corrected chi connectivity index (χ3v) is 8.82. The highest BCUT2D eigenvalue weighted by molar-refractivity contribution is 7.78. The van der Waals surface area contributed by atoms with Crippen LogP contribution in [-0.4, -0.2) is 10.3 Å². The molecule has 4 aromatic rings. The summed E-state index contributed by atoms with van der Waals surface area (Å²) in [6.07, 6.45) is 0. The fraction of sp³-hybridized carbons (Fsp3) is 0.111. The van der Waals surface area contributed by atoms with E-state index in [0.29, 0.717) is 0 Å². The summed E-state index contributed by atoms with van der Waals surface area (Å²) in [5, 5.41) is 14.1. The molecule has 0 saturated carbocycles. The topological polar surface area (TPSA) is 40.5 Å². The predicted molar refractivity (Wildman–Crippen MR) is 127 cm³/mol. The first-order chi connectivity index (χ1) is 15.1. The zero-order valence-electron chi connectivity index (χ0n) is 17.5. The van der Waals surface area contributed by atoms with Crippen molar-refractivity contribution in [3.63, 3.8) is 0 Å². The second-order valence-electron chi connectivity index (χ2n) is 7.70. The lowest BCUT2D eigenvalue weighted by Crippen LogP contribution is -2.32. The minimum absolute atomic E-state index is 0.267. The van der Waals surface area contributed by atoms with Gasteiger partial charge in [-0.2, -0.15) is 5.06 Å². The van der Waals surface area contributed by atoms with E-state index >= 15 is 4.57 Å². The minimum atomic E-state index is -3.29. The van der Waals surface area contributed by atoms with E-state index in [4.69, 9.17) is 0 Å². The van der Waals surface area contributed by atoms with Gasteiger partial charge in [-0.1, -0.05) is 121 Å². The molecule has 0 bridgehead atoms. The summed E-state index contributed by atoms with van der Waals surface area (Å²) in [7, 11) is -3.29. The van der Waals surface area contributed by atoms with Crippen LogP contribution in [0.1, 0.15) is 22.5 Å². The summed E-state index contributed by atoms with van der Waals surface area (Å²) in [6, 6.07) is 36.7. The Morgan fingerprint density at radius 3 is 1.77 bits per heavy atom. The molecule has 0 saturated heterocycles. The van der Waals surface area contributed by atoms with E-state index in [1.807, 2.05) is 122 Å². The molecule has 0 fully saturated rings. The van der Waals surface area contributed by atoms with Crippen molar-refractivity contribution < 1.29 is 9.77 Å². The van der Waals surface area contributed by atoms with Crippen molar-refractivity contribution in [2.24, 2.45) is 0 Å². The molecule has 0 aromatic heterocycles. The number of hydrogen-bond acceptors (Lipinski definition) is 3. The van der Waals surface area contributed by atoms with Gasteiger partial charge in [0.1, 0.15) is 5.78 Å². The maximum atomic E-state index is 15.1. The number of hydrogen-bond donors (Lipinski definition) is 1. The summed E-state index contributed by atoms with van der Waals surface area (Å²) >= 11 is 0. The third-order valence-electron chi connectivity index (χ3n) is 5.43. The molecule has 1 N–H and O–H groups in total. The van der Waals surface area contributed by atoms with E-state index in [9.17, 15) is 5.21 Å². The third kappa shape index (κ3) is 4.55. The first kappa shape index (κ1) is 21.3. The van der Waals surface area contributed by atoms with Crippen LogP contribution in [0.25, 0.3) is 0 Å². The van der Waals surface area contributed by atoms with Crippen molar-refractivity contribution in [3.8, 4) is 0 Å². The largest absolute Gasteiger partial charge is 0.313 e. The first-order valence-corrected chi connectivity index (χ1v) is 12.1. The average Bonchev–Trinajstić information content (AvgIpc) is 2.81. The molecule has 156 valence electrons. The van der Waals surface area contributed by atoms with Gasteiger partial charge < -0.3 is 9.77 Å². The van der Waals surface area contributed by atoms with Crippen LogP contribution in [0.2, 0.25) is 0 Å². The standard InChI is InChI=1S/C27H26NO2P/c1-22-12-11-15-24(20-22)27(28(29)21-23-13-5-2-6-14-23)31(30,25-16-7-3-8-17-25)26-18-9-4-10-19-26/h2-20,27,29H,21H2,1H3. The minimum Gasteiger partial charge on any atom is -0.313 e. The quantitative estimate of drug-likeness (QED) is 0.295. The Labute approximate surface area is 183 Å². The van der Waals surface area contributed by atoms with Gasteiger partial charge in [0.2, 0.25) is 0 Å². The van der Waals surface area contributed by atoms with Crippen LogP contribution >= 0.6 is 7.14 Å². The summed E-state index contributed by atoms with van der Waals surface area (Å²) in [4.78, 5) is 0. The fourth-order valence-corrected chi connectivity index (χ4v) is 7.12. The van der Waals surface area contributed by atoms with Gasteiger partial charge in [-0.05, 0) is 18.1 Å². The highest BCUT2D eigenvalue weighted by Crippen LogP contribution is 2.58. The van der Waals surface area contributed by atoms with E-state index in [0.717, 1.165) is 27.3 Å². The Morgan fingerprint density at radius 1 is 0.742 bits per heavy atom. The van der Waals surface area contributed by atoms with E-state index in [1.54, 1.807) is 0 Å². The van der Waals surface area contributed by atoms with E-state index in [1.165, 1.54) is 5.06 Å². The zero-order valence-corrected chi connectivity index (χ0v) is 18.4. The maximum Gasteiger partial charge on any atom is 0.166 e. The van der Waals surface area contributed by atoms with Gasteiger partial charge in [0, 0.05) is 10.6 Å². The lowest BCUT2D eigenvalue weighted by atomic mass is 10.1. The van der Waals surface area contributed by atoms with Crippen LogP contribution in [0.3, 0.4) is 0 Å². The van der Waals surface area contributed by atoms with Crippen LogP contribution in [0.4, 0.5) is 0 Å². The lowest BCUT2D eigenvalue weighted by molar-refractivity contribution is -0.114.